The molecule has 0 unspecified atom stereocenters. The maximum atomic E-state index is 11.8. The van der Waals surface area contributed by atoms with Gasteiger partial charge in [0.25, 0.3) is 5.91 Å². The average Bonchev–Trinajstić information content (AvgIpc) is 2.26. The lowest BCUT2D eigenvalue weighted by atomic mass is 10.2. The number of halogens is 3. The Hall–Kier alpha value is -1.76. The first-order chi connectivity index (χ1) is 8.78. The van der Waals surface area contributed by atoms with E-state index in [-0.39, 0.29) is 11.7 Å². The van der Waals surface area contributed by atoms with Gasteiger partial charge in [0.2, 0.25) is 0 Å². The minimum atomic E-state index is -4.49. The molecule has 4 nitrogen and oxygen atoms in total. The number of hydroxylamine groups is 1. The van der Waals surface area contributed by atoms with Crippen LogP contribution in [0.5, 0.6) is 5.75 Å². The van der Waals surface area contributed by atoms with Gasteiger partial charge in [-0.05, 0) is 32.0 Å². The smallest absolute Gasteiger partial charge is 0.414 e. The Morgan fingerprint density at radius 2 is 2.05 bits per heavy atom. The minimum absolute atomic E-state index is 0.0696. The van der Waals surface area contributed by atoms with Crippen LogP contribution in [0, 0.1) is 0 Å². The maximum absolute atomic E-state index is 11.8. The van der Waals surface area contributed by atoms with Crippen molar-refractivity contribution in [1.29, 1.82) is 0 Å². The molecule has 1 N–H and O–H groups in total. The molecule has 0 saturated heterocycles. The van der Waals surface area contributed by atoms with E-state index in [4.69, 9.17) is 4.74 Å². The summed E-state index contributed by atoms with van der Waals surface area (Å²) in [6, 6.07) is 6.08. The predicted molar refractivity (Wildman–Crippen MR) is 61.7 cm³/mol. The van der Waals surface area contributed by atoms with Crippen LogP contribution in [0.15, 0.2) is 24.3 Å². The number of carbonyl (C=O) groups excluding carboxylic acids is 1. The van der Waals surface area contributed by atoms with Crippen LogP contribution in [-0.2, 0) is 4.84 Å². The van der Waals surface area contributed by atoms with Crippen molar-refractivity contribution in [1.82, 2.24) is 5.48 Å². The van der Waals surface area contributed by atoms with Crippen molar-refractivity contribution in [2.45, 2.75) is 26.1 Å². The third-order valence-electron chi connectivity index (χ3n) is 1.87. The van der Waals surface area contributed by atoms with E-state index in [2.05, 4.69) is 4.84 Å². The van der Waals surface area contributed by atoms with E-state index >= 15 is 0 Å². The second-order valence-electron chi connectivity index (χ2n) is 4.03. The molecule has 0 heterocycles. The predicted octanol–water partition coefficient (Wildman–Crippen LogP) is 2.70. The fraction of sp³-hybridized carbons (Fsp3) is 0.417. The number of amides is 1. The van der Waals surface area contributed by atoms with Crippen molar-refractivity contribution >= 4 is 5.91 Å². The summed E-state index contributed by atoms with van der Waals surface area (Å²) in [4.78, 5) is 15.6. The molecule has 0 aliphatic rings. The Morgan fingerprint density at radius 1 is 1.37 bits per heavy atom. The number of benzene rings is 1. The van der Waals surface area contributed by atoms with Gasteiger partial charge in [-0.3, -0.25) is 9.63 Å². The van der Waals surface area contributed by atoms with Gasteiger partial charge in [-0.25, -0.2) is 5.48 Å². The summed E-state index contributed by atoms with van der Waals surface area (Å²) in [5, 5.41) is 0. The van der Waals surface area contributed by atoms with Gasteiger partial charge in [0.05, 0.1) is 6.10 Å². The Bertz CT molecular complexity index is 432. The van der Waals surface area contributed by atoms with Crippen LogP contribution in [0.3, 0.4) is 0 Å². The number of alkyl halides is 3. The van der Waals surface area contributed by atoms with Crippen molar-refractivity contribution in [2.24, 2.45) is 0 Å². The standard InChI is InChI=1S/C12H14F3NO3/c1-8(2)19-10-5-3-4-9(6-10)11(17)16-18-7-12(13,14)15/h3-6,8H,7H2,1-2H3,(H,16,17). The lowest BCUT2D eigenvalue weighted by Gasteiger charge is -2.11. The fourth-order valence-electron chi connectivity index (χ4n) is 1.23. The molecule has 0 atom stereocenters. The highest BCUT2D eigenvalue weighted by Gasteiger charge is 2.28. The summed E-state index contributed by atoms with van der Waals surface area (Å²) in [5.74, 6) is -0.308. The van der Waals surface area contributed by atoms with E-state index in [1.807, 2.05) is 13.8 Å². The first-order valence-electron chi connectivity index (χ1n) is 5.53. The van der Waals surface area contributed by atoms with Gasteiger partial charge in [0.15, 0.2) is 6.61 Å². The monoisotopic (exact) mass is 277 g/mol. The Morgan fingerprint density at radius 3 is 2.63 bits per heavy atom. The highest BCUT2D eigenvalue weighted by atomic mass is 19.4. The van der Waals surface area contributed by atoms with Gasteiger partial charge in [0.1, 0.15) is 5.75 Å². The summed E-state index contributed by atoms with van der Waals surface area (Å²) < 4.78 is 40.8. The van der Waals surface area contributed by atoms with Crippen LogP contribution in [0.4, 0.5) is 13.2 Å². The topological polar surface area (TPSA) is 47.6 Å². The summed E-state index contributed by atoms with van der Waals surface area (Å²) in [5.41, 5.74) is 1.87. The van der Waals surface area contributed by atoms with Crippen LogP contribution >= 0.6 is 0 Å². The summed E-state index contributed by atoms with van der Waals surface area (Å²) in [6.07, 6.45) is -4.56. The van der Waals surface area contributed by atoms with E-state index in [9.17, 15) is 18.0 Å². The van der Waals surface area contributed by atoms with Crippen molar-refractivity contribution in [3.05, 3.63) is 29.8 Å². The molecule has 0 radical (unpaired) electrons. The number of hydrogen-bond donors (Lipinski definition) is 1. The van der Waals surface area contributed by atoms with Crippen LogP contribution < -0.4 is 10.2 Å². The van der Waals surface area contributed by atoms with Gasteiger partial charge < -0.3 is 4.74 Å². The molecule has 0 saturated carbocycles. The molecule has 0 aliphatic carbocycles. The molecule has 1 rings (SSSR count). The third kappa shape index (κ3) is 6.10. The van der Waals surface area contributed by atoms with Gasteiger partial charge in [0, 0.05) is 5.56 Å². The molecular weight excluding hydrogens is 263 g/mol. The molecule has 0 aromatic heterocycles. The van der Waals surface area contributed by atoms with E-state index < -0.39 is 18.7 Å². The minimum Gasteiger partial charge on any atom is -0.491 e. The normalized spacial score (nSPS) is 11.5. The Labute approximate surface area is 108 Å². The van der Waals surface area contributed by atoms with Crippen LogP contribution in [0.25, 0.3) is 0 Å². The molecule has 0 bridgehead atoms. The van der Waals surface area contributed by atoms with Crippen molar-refractivity contribution < 1.29 is 27.5 Å². The van der Waals surface area contributed by atoms with Crippen molar-refractivity contribution in [3.63, 3.8) is 0 Å². The van der Waals surface area contributed by atoms with E-state index in [1.54, 1.807) is 17.6 Å². The summed E-state index contributed by atoms with van der Waals surface area (Å²) in [7, 11) is 0. The average molecular weight is 277 g/mol. The van der Waals surface area contributed by atoms with E-state index in [1.165, 1.54) is 12.1 Å². The number of rotatable bonds is 5. The molecule has 19 heavy (non-hydrogen) atoms. The first-order valence-corrected chi connectivity index (χ1v) is 5.53. The lowest BCUT2D eigenvalue weighted by molar-refractivity contribution is -0.184. The highest BCUT2D eigenvalue weighted by Crippen LogP contribution is 2.16. The third-order valence-corrected chi connectivity index (χ3v) is 1.87. The molecule has 106 valence electrons. The molecule has 1 aromatic carbocycles. The highest BCUT2D eigenvalue weighted by molar-refractivity contribution is 5.93. The zero-order valence-corrected chi connectivity index (χ0v) is 10.5. The molecule has 0 spiro atoms. The molecule has 0 fully saturated rings. The second kappa shape index (κ2) is 6.42. The zero-order valence-electron chi connectivity index (χ0n) is 10.5. The van der Waals surface area contributed by atoms with E-state index in [0.717, 1.165) is 0 Å². The fourth-order valence-corrected chi connectivity index (χ4v) is 1.23. The Kier molecular flexibility index (Phi) is 5.17. The summed E-state index contributed by atoms with van der Waals surface area (Å²) in [6.45, 7) is 2.10. The molecule has 7 heteroatoms. The van der Waals surface area contributed by atoms with Crippen molar-refractivity contribution in [2.75, 3.05) is 6.61 Å². The molecule has 1 amide bonds. The SMILES string of the molecule is CC(C)Oc1cccc(C(=O)NOCC(F)(F)F)c1. The Balaban J connectivity index is 2.57. The van der Waals surface area contributed by atoms with Gasteiger partial charge in [-0.2, -0.15) is 13.2 Å². The van der Waals surface area contributed by atoms with Crippen LogP contribution in [0.1, 0.15) is 24.2 Å². The quantitative estimate of drug-likeness (QED) is 0.842. The van der Waals surface area contributed by atoms with Crippen molar-refractivity contribution in [3.8, 4) is 5.75 Å². The molecular formula is C12H14F3NO3. The van der Waals surface area contributed by atoms with Gasteiger partial charge in [-0.15, -0.1) is 0 Å². The van der Waals surface area contributed by atoms with E-state index in [0.29, 0.717) is 5.75 Å². The summed E-state index contributed by atoms with van der Waals surface area (Å²) >= 11 is 0. The molecule has 0 aliphatic heterocycles. The second-order valence-corrected chi connectivity index (χ2v) is 4.03. The number of hydrogen-bond acceptors (Lipinski definition) is 3. The van der Waals surface area contributed by atoms with Crippen LogP contribution in [0.2, 0.25) is 0 Å². The lowest BCUT2D eigenvalue weighted by Crippen LogP contribution is -2.29. The number of carbonyl (C=O) groups is 1. The molecule has 1 aromatic rings. The number of nitrogens with one attached hydrogen (secondary N) is 1. The first kappa shape index (κ1) is 15.3. The largest absolute Gasteiger partial charge is 0.491 e. The van der Waals surface area contributed by atoms with Crippen LogP contribution in [-0.4, -0.2) is 24.8 Å². The zero-order chi connectivity index (χ0) is 14.5. The van der Waals surface area contributed by atoms with Gasteiger partial charge in [-0.1, -0.05) is 6.07 Å². The number of ether oxygens (including phenoxy) is 1. The van der Waals surface area contributed by atoms with Gasteiger partial charge >= 0.3 is 6.18 Å². The maximum Gasteiger partial charge on any atom is 0.414 e.